The Labute approximate surface area is 108 Å². The van der Waals surface area contributed by atoms with E-state index in [-0.39, 0.29) is 18.5 Å². The minimum Gasteiger partial charge on any atom is -0.481 e. The van der Waals surface area contributed by atoms with Crippen LogP contribution in [-0.2, 0) is 4.79 Å². The van der Waals surface area contributed by atoms with Crippen LogP contribution >= 0.6 is 0 Å². The molecule has 0 aliphatic carbocycles. The van der Waals surface area contributed by atoms with Gasteiger partial charge in [0.1, 0.15) is 0 Å². The predicted molar refractivity (Wildman–Crippen MR) is 71.7 cm³/mol. The third-order valence-corrected chi connectivity index (χ3v) is 2.79. The first-order chi connectivity index (χ1) is 8.52. The fraction of sp³-hybridized carbons (Fsp3) is 0.538. The number of aromatic nitrogens is 1. The number of nitrogens with one attached hydrogen (secondary N) is 2. The molecule has 1 atom stereocenters. The summed E-state index contributed by atoms with van der Waals surface area (Å²) in [4.78, 5) is 15.7. The number of hydrogen-bond donors (Lipinski definition) is 2. The highest BCUT2D eigenvalue weighted by Crippen LogP contribution is 2.10. The molecule has 0 spiro atoms. The average Bonchev–Trinajstić information content (AvgIpc) is 2.36. The highest BCUT2D eigenvalue weighted by atomic mass is 16.5. The molecule has 0 saturated heterocycles. The highest BCUT2D eigenvalue weighted by molar-refractivity contribution is 5.80. The summed E-state index contributed by atoms with van der Waals surface area (Å²) in [7, 11) is 1.57. The van der Waals surface area contributed by atoms with Gasteiger partial charge in [0.05, 0.1) is 25.5 Å². The molecule has 0 fully saturated rings. The molecule has 0 aliphatic heterocycles. The normalized spacial score (nSPS) is 12.1. The molecule has 2 N–H and O–H groups in total. The monoisotopic (exact) mass is 251 g/mol. The maximum absolute atomic E-state index is 11.6. The largest absolute Gasteiger partial charge is 0.481 e. The van der Waals surface area contributed by atoms with Crippen molar-refractivity contribution < 1.29 is 9.53 Å². The van der Waals surface area contributed by atoms with Crippen LogP contribution in [0.2, 0.25) is 0 Å². The molecule has 0 aliphatic rings. The summed E-state index contributed by atoms with van der Waals surface area (Å²) in [5, 5.41) is 5.94. The Morgan fingerprint density at radius 3 is 2.61 bits per heavy atom. The number of carbonyl (C=O) groups excluding carboxylic acids is 1. The van der Waals surface area contributed by atoms with Crippen molar-refractivity contribution in [1.82, 2.24) is 10.3 Å². The number of methoxy groups -OCH3 is 1. The minimum absolute atomic E-state index is 0.0213. The summed E-state index contributed by atoms with van der Waals surface area (Å²) in [5.41, 5.74) is 0.795. The summed E-state index contributed by atoms with van der Waals surface area (Å²) >= 11 is 0. The number of nitrogens with zero attached hydrogens (tertiary/aromatic N) is 1. The first kappa shape index (κ1) is 14.3. The molecule has 1 amide bonds. The van der Waals surface area contributed by atoms with Crippen LogP contribution in [0.15, 0.2) is 18.3 Å². The van der Waals surface area contributed by atoms with Crippen molar-refractivity contribution in [3.05, 3.63) is 18.3 Å². The molecule has 5 heteroatoms. The minimum atomic E-state index is -0.0213. The fourth-order valence-electron chi connectivity index (χ4n) is 1.26. The van der Waals surface area contributed by atoms with E-state index in [0.717, 1.165) is 5.69 Å². The van der Waals surface area contributed by atoms with Crippen molar-refractivity contribution >= 4 is 11.6 Å². The first-order valence-corrected chi connectivity index (χ1v) is 6.06. The van der Waals surface area contributed by atoms with Gasteiger partial charge in [0.2, 0.25) is 11.8 Å². The van der Waals surface area contributed by atoms with Gasteiger partial charge in [0, 0.05) is 12.1 Å². The van der Waals surface area contributed by atoms with Crippen molar-refractivity contribution in [2.24, 2.45) is 5.92 Å². The van der Waals surface area contributed by atoms with Gasteiger partial charge in [0.15, 0.2) is 0 Å². The van der Waals surface area contributed by atoms with Crippen molar-refractivity contribution in [2.45, 2.75) is 26.8 Å². The van der Waals surface area contributed by atoms with Crippen LogP contribution in [0.1, 0.15) is 20.8 Å². The molecule has 1 heterocycles. The van der Waals surface area contributed by atoms with Gasteiger partial charge in [-0.05, 0) is 18.9 Å². The predicted octanol–water partition coefficient (Wildman–Crippen LogP) is 1.66. The summed E-state index contributed by atoms with van der Waals surface area (Å²) in [5.74, 6) is 0.960. The lowest BCUT2D eigenvalue weighted by atomic mass is 10.1. The van der Waals surface area contributed by atoms with E-state index in [1.54, 1.807) is 19.4 Å². The van der Waals surface area contributed by atoms with E-state index < -0.39 is 0 Å². The van der Waals surface area contributed by atoms with Gasteiger partial charge in [-0.15, -0.1) is 0 Å². The maximum Gasteiger partial charge on any atom is 0.239 e. The van der Waals surface area contributed by atoms with E-state index in [4.69, 9.17) is 4.74 Å². The number of hydrogen-bond acceptors (Lipinski definition) is 4. The molecule has 1 rings (SSSR count). The second kappa shape index (κ2) is 6.83. The molecular weight excluding hydrogens is 230 g/mol. The van der Waals surface area contributed by atoms with Crippen LogP contribution in [0.25, 0.3) is 0 Å². The van der Waals surface area contributed by atoms with E-state index in [1.807, 2.05) is 13.0 Å². The van der Waals surface area contributed by atoms with Crippen LogP contribution in [0.5, 0.6) is 5.88 Å². The average molecular weight is 251 g/mol. The number of rotatable bonds is 6. The Bertz CT molecular complexity index is 376. The summed E-state index contributed by atoms with van der Waals surface area (Å²) in [6.07, 6.45) is 1.64. The smallest absolute Gasteiger partial charge is 0.239 e. The molecule has 0 bridgehead atoms. The zero-order chi connectivity index (χ0) is 13.5. The van der Waals surface area contributed by atoms with E-state index >= 15 is 0 Å². The molecule has 0 saturated carbocycles. The van der Waals surface area contributed by atoms with Gasteiger partial charge in [0.25, 0.3) is 0 Å². The van der Waals surface area contributed by atoms with Crippen molar-refractivity contribution in [1.29, 1.82) is 0 Å². The van der Waals surface area contributed by atoms with Gasteiger partial charge in [-0.1, -0.05) is 13.8 Å². The molecule has 1 unspecified atom stereocenters. The Morgan fingerprint density at radius 2 is 2.11 bits per heavy atom. The third-order valence-electron chi connectivity index (χ3n) is 2.79. The highest BCUT2D eigenvalue weighted by Gasteiger charge is 2.10. The van der Waals surface area contributed by atoms with Crippen LogP contribution in [0.4, 0.5) is 5.69 Å². The Balaban J connectivity index is 2.37. The first-order valence-electron chi connectivity index (χ1n) is 6.06. The number of carbonyl (C=O) groups is 1. The van der Waals surface area contributed by atoms with Crippen LogP contribution in [0.3, 0.4) is 0 Å². The molecule has 18 heavy (non-hydrogen) atoms. The van der Waals surface area contributed by atoms with Crippen molar-refractivity contribution in [2.75, 3.05) is 19.0 Å². The second-order valence-electron chi connectivity index (χ2n) is 4.54. The van der Waals surface area contributed by atoms with Crippen molar-refractivity contribution in [3.63, 3.8) is 0 Å². The number of amides is 1. The van der Waals surface area contributed by atoms with Gasteiger partial charge in [-0.25, -0.2) is 4.98 Å². The molecule has 0 radical (unpaired) electrons. The summed E-state index contributed by atoms with van der Waals surface area (Å²) in [6.45, 7) is 6.39. The lowest BCUT2D eigenvalue weighted by Gasteiger charge is -2.17. The zero-order valence-corrected chi connectivity index (χ0v) is 11.4. The van der Waals surface area contributed by atoms with Gasteiger partial charge < -0.3 is 15.4 Å². The van der Waals surface area contributed by atoms with Crippen LogP contribution < -0.4 is 15.4 Å². The fourth-order valence-corrected chi connectivity index (χ4v) is 1.26. The van der Waals surface area contributed by atoms with Crippen molar-refractivity contribution in [3.8, 4) is 5.88 Å². The zero-order valence-electron chi connectivity index (χ0n) is 11.4. The standard InChI is InChI=1S/C13H21N3O2/c1-9(2)10(3)16-12(17)8-14-11-5-6-13(18-4)15-7-11/h5-7,9-10,14H,8H2,1-4H3,(H,16,17). The number of anilines is 1. The molecule has 1 aromatic heterocycles. The molecular formula is C13H21N3O2. The maximum atomic E-state index is 11.6. The van der Waals surface area contributed by atoms with E-state index in [2.05, 4.69) is 29.5 Å². The molecule has 1 aromatic rings. The quantitative estimate of drug-likeness (QED) is 0.807. The van der Waals surface area contributed by atoms with Gasteiger partial charge in [-0.3, -0.25) is 4.79 Å². The second-order valence-corrected chi connectivity index (χ2v) is 4.54. The Morgan fingerprint density at radius 1 is 1.39 bits per heavy atom. The van der Waals surface area contributed by atoms with Crippen LogP contribution in [-0.4, -0.2) is 30.6 Å². The summed E-state index contributed by atoms with van der Waals surface area (Å²) < 4.78 is 4.96. The molecule has 0 aromatic carbocycles. The van der Waals surface area contributed by atoms with Gasteiger partial charge >= 0.3 is 0 Å². The SMILES string of the molecule is COc1ccc(NCC(=O)NC(C)C(C)C)cn1. The number of ether oxygens (including phenoxy) is 1. The lowest BCUT2D eigenvalue weighted by Crippen LogP contribution is -2.39. The summed E-state index contributed by atoms with van der Waals surface area (Å²) in [6, 6.07) is 3.75. The molecule has 100 valence electrons. The van der Waals surface area contributed by atoms with E-state index in [9.17, 15) is 4.79 Å². The van der Waals surface area contributed by atoms with Crippen LogP contribution in [0, 0.1) is 5.92 Å². The van der Waals surface area contributed by atoms with E-state index in [0.29, 0.717) is 11.8 Å². The van der Waals surface area contributed by atoms with Gasteiger partial charge in [-0.2, -0.15) is 0 Å². The Hall–Kier alpha value is -1.78. The topological polar surface area (TPSA) is 63.2 Å². The Kier molecular flexibility index (Phi) is 5.42. The lowest BCUT2D eigenvalue weighted by molar-refractivity contribution is -0.120. The number of pyridine rings is 1. The third kappa shape index (κ3) is 4.61. The molecule has 5 nitrogen and oxygen atoms in total. The van der Waals surface area contributed by atoms with E-state index in [1.165, 1.54) is 0 Å².